The lowest BCUT2D eigenvalue weighted by molar-refractivity contribution is -0.190. The number of rotatable bonds is 7. The van der Waals surface area contributed by atoms with Crippen molar-refractivity contribution in [3.05, 3.63) is 74.7 Å². The highest BCUT2D eigenvalue weighted by atomic mass is 16.5. The summed E-state index contributed by atoms with van der Waals surface area (Å²) in [7, 11) is 1.46. The molecule has 5 rings (SSSR count). The first kappa shape index (κ1) is 34.2. The van der Waals surface area contributed by atoms with Gasteiger partial charge in [-0.2, -0.15) is 0 Å². The molecular weight excluding hydrogens is 600 g/mol. The number of aromatic hydroxyl groups is 2. The highest BCUT2D eigenvalue weighted by molar-refractivity contribution is 6.25. The summed E-state index contributed by atoms with van der Waals surface area (Å²) in [5.41, 5.74) is -4.60. The predicted octanol–water partition coefficient (Wildman–Crippen LogP) is 6.36. The maximum Gasteiger partial charge on any atom is 0.209 e. The van der Waals surface area contributed by atoms with Crippen molar-refractivity contribution < 1.29 is 44.7 Å². The Balaban J connectivity index is 1.72. The fourth-order valence-corrected chi connectivity index (χ4v) is 8.84. The van der Waals surface area contributed by atoms with Gasteiger partial charge in [0, 0.05) is 21.8 Å². The molecule has 0 heterocycles. The maximum atomic E-state index is 14.6. The van der Waals surface area contributed by atoms with Gasteiger partial charge in [0.1, 0.15) is 22.8 Å². The first-order valence-electron chi connectivity index (χ1n) is 16.2. The number of allylic oxidation sites excluding steroid dienone is 2. The minimum atomic E-state index is -2.69. The molecule has 0 unspecified atom stereocenters. The van der Waals surface area contributed by atoms with Gasteiger partial charge >= 0.3 is 0 Å². The lowest BCUT2D eigenvalue weighted by atomic mass is 9.40. The first-order valence-corrected chi connectivity index (χ1v) is 16.2. The number of aliphatic hydroxyl groups is 3. The molecule has 0 spiro atoms. The summed E-state index contributed by atoms with van der Waals surface area (Å²) in [6, 6.07) is 6.96. The Morgan fingerprint density at radius 1 is 0.957 bits per heavy atom. The van der Waals surface area contributed by atoms with Crippen LogP contribution in [0.5, 0.6) is 17.2 Å². The van der Waals surface area contributed by atoms with Crippen LogP contribution in [0.25, 0.3) is 0 Å². The number of Topliss-reactive ketones (excluding diaryl/α,β-unsaturated/α-hetero) is 3. The molecule has 2 aromatic carbocycles. The van der Waals surface area contributed by atoms with Crippen molar-refractivity contribution in [2.24, 2.45) is 22.2 Å². The van der Waals surface area contributed by atoms with Gasteiger partial charge in [-0.25, -0.2) is 0 Å². The Morgan fingerprint density at radius 2 is 1.60 bits per heavy atom. The van der Waals surface area contributed by atoms with Crippen LogP contribution in [0.4, 0.5) is 0 Å². The molecule has 0 radical (unpaired) electrons. The molecule has 9 heteroatoms. The molecule has 0 bridgehead atoms. The number of phenolic OH excluding ortho intramolecular Hbond substituents is 2. The smallest absolute Gasteiger partial charge is 0.209 e. The van der Waals surface area contributed by atoms with Crippen LogP contribution in [0.2, 0.25) is 0 Å². The molecule has 3 aliphatic rings. The van der Waals surface area contributed by atoms with Crippen molar-refractivity contribution in [1.29, 1.82) is 0 Å². The van der Waals surface area contributed by atoms with E-state index in [9.17, 15) is 39.9 Å². The molecule has 0 saturated heterocycles. The number of carbonyl (C=O) groups is 3. The summed E-state index contributed by atoms with van der Waals surface area (Å²) in [6.45, 7) is 13.9. The van der Waals surface area contributed by atoms with Gasteiger partial charge in [-0.3, -0.25) is 14.4 Å². The third-order valence-corrected chi connectivity index (χ3v) is 11.8. The number of fused-ring (bicyclic) bond motifs is 3. The summed E-state index contributed by atoms with van der Waals surface area (Å²) < 4.78 is 5.13. The highest BCUT2D eigenvalue weighted by Crippen LogP contribution is 2.69. The number of ketones is 3. The van der Waals surface area contributed by atoms with Crippen molar-refractivity contribution in [2.75, 3.05) is 7.11 Å². The van der Waals surface area contributed by atoms with Gasteiger partial charge in [0.05, 0.1) is 12.7 Å². The van der Waals surface area contributed by atoms with Crippen LogP contribution >= 0.6 is 0 Å². The van der Waals surface area contributed by atoms with Gasteiger partial charge in [0.2, 0.25) is 5.78 Å². The van der Waals surface area contributed by atoms with Crippen LogP contribution in [-0.4, -0.2) is 55.6 Å². The van der Waals surface area contributed by atoms with Crippen molar-refractivity contribution in [3.63, 3.8) is 0 Å². The van der Waals surface area contributed by atoms with Crippen LogP contribution in [-0.2, 0) is 28.9 Å². The first-order chi connectivity index (χ1) is 21.7. The second-order valence-electron chi connectivity index (χ2n) is 15.0. The molecule has 47 heavy (non-hydrogen) atoms. The van der Waals surface area contributed by atoms with E-state index in [-0.39, 0.29) is 41.4 Å². The summed E-state index contributed by atoms with van der Waals surface area (Å²) in [5.74, 6) is -4.18. The average Bonchev–Trinajstić information content (AvgIpc) is 2.97. The normalized spacial score (nSPS) is 28.9. The van der Waals surface area contributed by atoms with Crippen LogP contribution in [0.15, 0.2) is 46.9 Å². The number of aryl methyl sites for hydroxylation is 2. The number of hydrogen-bond acceptors (Lipinski definition) is 9. The van der Waals surface area contributed by atoms with E-state index in [2.05, 4.69) is 0 Å². The minimum absolute atomic E-state index is 0.0106. The second kappa shape index (κ2) is 11.0. The number of ether oxygens (including phenoxy) is 1. The Morgan fingerprint density at radius 3 is 2.13 bits per heavy atom. The standard InChI is InChI=1S/C38H46O9/c1-18(2)23-15-22(12-10-21-11-13-26(47-9)25(40)14-21)30(41)28-24(23)16-35(6)17-36(7)37(8,19(3)4)32(43)27(20(5)39)33(44)38(36,46)34(45)29(35)31(28)42/h11,13-15,18-19,40-41,43,45-46H,10,12,16-17H2,1-9H3/t35-,36-,37-,38+/m1/s1. The third kappa shape index (κ3) is 4.41. The molecule has 0 aromatic heterocycles. The van der Waals surface area contributed by atoms with E-state index in [0.29, 0.717) is 29.7 Å². The number of carbonyl (C=O) groups excluding carboxylic acids is 3. The molecular formula is C38H46O9. The summed E-state index contributed by atoms with van der Waals surface area (Å²) in [5, 5.41) is 58.0. The van der Waals surface area contributed by atoms with Gasteiger partial charge in [-0.15, -0.1) is 0 Å². The molecule has 2 aromatic rings. The van der Waals surface area contributed by atoms with Gasteiger partial charge < -0.3 is 30.3 Å². The predicted molar refractivity (Wildman–Crippen MR) is 176 cm³/mol. The Labute approximate surface area is 275 Å². The Kier molecular flexibility index (Phi) is 7.99. The van der Waals surface area contributed by atoms with Gasteiger partial charge in [0.25, 0.3) is 0 Å². The van der Waals surface area contributed by atoms with E-state index in [1.165, 1.54) is 7.11 Å². The number of methoxy groups -OCH3 is 1. The quantitative estimate of drug-likeness (QED) is 0.216. The van der Waals surface area contributed by atoms with Crippen molar-refractivity contribution in [3.8, 4) is 17.2 Å². The fourth-order valence-electron chi connectivity index (χ4n) is 8.84. The van der Waals surface area contributed by atoms with Crippen molar-refractivity contribution >= 4 is 17.3 Å². The van der Waals surface area contributed by atoms with E-state index in [0.717, 1.165) is 18.1 Å². The monoisotopic (exact) mass is 646 g/mol. The zero-order valence-electron chi connectivity index (χ0n) is 28.7. The van der Waals surface area contributed by atoms with E-state index in [1.54, 1.807) is 26.0 Å². The van der Waals surface area contributed by atoms with E-state index >= 15 is 0 Å². The SMILES string of the molecule is COc1ccc(CCc2cc(C(C)C)c3c(c2O)C(=O)C2=C(O)[C@@]4(O)C(=O)C(C(C)=O)=C(O)[C@@](C)(C(C)C)[C@@]4(C)C[C@@]2(C)C3)cc1O. The van der Waals surface area contributed by atoms with Crippen molar-refractivity contribution in [1.82, 2.24) is 0 Å². The van der Waals surface area contributed by atoms with Crippen LogP contribution in [0.3, 0.4) is 0 Å². The Hall–Kier alpha value is -4.11. The summed E-state index contributed by atoms with van der Waals surface area (Å²) >= 11 is 0. The number of aliphatic hydroxyl groups excluding tert-OH is 2. The largest absolute Gasteiger partial charge is 0.511 e. The molecule has 5 N–H and O–H groups in total. The van der Waals surface area contributed by atoms with E-state index < -0.39 is 62.2 Å². The van der Waals surface area contributed by atoms with E-state index in [1.807, 2.05) is 46.8 Å². The molecule has 0 saturated carbocycles. The number of hydrogen-bond donors (Lipinski definition) is 5. The molecule has 0 aliphatic heterocycles. The molecule has 9 nitrogen and oxygen atoms in total. The lowest BCUT2D eigenvalue weighted by Gasteiger charge is -2.63. The maximum absolute atomic E-state index is 14.6. The number of benzene rings is 2. The molecule has 252 valence electrons. The average molecular weight is 647 g/mol. The second-order valence-corrected chi connectivity index (χ2v) is 15.0. The van der Waals surface area contributed by atoms with Crippen LogP contribution in [0.1, 0.15) is 100 Å². The topological polar surface area (TPSA) is 162 Å². The third-order valence-electron chi connectivity index (χ3n) is 11.8. The summed E-state index contributed by atoms with van der Waals surface area (Å²) in [6.07, 6.45) is 1.02. The Bertz CT molecular complexity index is 1800. The lowest BCUT2D eigenvalue weighted by Crippen LogP contribution is -2.70. The molecule has 4 atom stereocenters. The van der Waals surface area contributed by atoms with Crippen LogP contribution in [0, 0.1) is 22.2 Å². The highest BCUT2D eigenvalue weighted by Gasteiger charge is 2.74. The van der Waals surface area contributed by atoms with Gasteiger partial charge in [-0.05, 0) is 78.8 Å². The number of phenols is 2. The van der Waals surface area contributed by atoms with E-state index in [4.69, 9.17) is 4.74 Å². The van der Waals surface area contributed by atoms with Crippen LogP contribution < -0.4 is 4.74 Å². The zero-order chi connectivity index (χ0) is 35.2. The van der Waals surface area contributed by atoms with Crippen molar-refractivity contribution in [2.45, 2.75) is 92.6 Å². The molecule has 0 fully saturated rings. The van der Waals surface area contributed by atoms with Gasteiger partial charge in [0.15, 0.2) is 28.7 Å². The zero-order valence-corrected chi connectivity index (χ0v) is 28.7. The van der Waals surface area contributed by atoms with Gasteiger partial charge in [-0.1, -0.05) is 60.6 Å². The fraction of sp³-hybridized carbons (Fsp3) is 0.500. The molecule has 3 aliphatic carbocycles. The minimum Gasteiger partial charge on any atom is -0.511 e. The summed E-state index contributed by atoms with van der Waals surface area (Å²) in [4.78, 5) is 41.5. The molecule has 0 amide bonds.